The van der Waals surface area contributed by atoms with Gasteiger partial charge in [0.2, 0.25) is 5.89 Å². The molecular formula is C12H16N4OS. The molecule has 0 amide bonds. The summed E-state index contributed by atoms with van der Waals surface area (Å²) in [7, 11) is 0. The highest BCUT2D eigenvalue weighted by molar-refractivity contribution is 7.99. The van der Waals surface area contributed by atoms with Crippen LogP contribution in [0.3, 0.4) is 0 Å². The summed E-state index contributed by atoms with van der Waals surface area (Å²) < 4.78 is 5.29. The molecule has 0 aromatic carbocycles. The van der Waals surface area contributed by atoms with Gasteiger partial charge in [-0.1, -0.05) is 13.0 Å². The normalized spacial score (nSPS) is 12.6. The molecule has 2 aromatic heterocycles. The Morgan fingerprint density at radius 2 is 2.22 bits per heavy atom. The summed E-state index contributed by atoms with van der Waals surface area (Å²) in [6, 6.07) is 4.34. The molecule has 0 saturated carbocycles. The number of hydrogen-bond donors (Lipinski definition) is 1. The van der Waals surface area contributed by atoms with Crippen molar-refractivity contribution >= 4 is 11.8 Å². The molecule has 0 aliphatic heterocycles. The molecule has 2 heterocycles. The maximum atomic E-state index is 5.29. The zero-order valence-electron chi connectivity index (χ0n) is 10.7. The van der Waals surface area contributed by atoms with Gasteiger partial charge in [-0.25, -0.2) is 4.98 Å². The van der Waals surface area contributed by atoms with Crippen LogP contribution in [0.15, 0.2) is 33.0 Å². The van der Waals surface area contributed by atoms with Crippen LogP contribution >= 0.6 is 11.8 Å². The van der Waals surface area contributed by atoms with Crippen LogP contribution in [0.4, 0.5) is 0 Å². The fourth-order valence-corrected chi connectivity index (χ4v) is 2.21. The van der Waals surface area contributed by atoms with Crippen LogP contribution in [0, 0.1) is 6.92 Å². The second-order valence-electron chi connectivity index (χ2n) is 3.90. The lowest BCUT2D eigenvalue weighted by atomic mass is 10.1. The minimum Gasteiger partial charge on any atom is -0.416 e. The first kappa shape index (κ1) is 13.0. The third-order valence-corrected chi connectivity index (χ3v) is 3.26. The van der Waals surface area contributed by atoms with Crippen molar-refractivity contribution in [1.29, 1.82) is 0 Å². The van der Waals surface area contributed by atoms with Crippen LogP contribution < -0.4 is 5.32 Å². The SMILES string of the molecule is CCNC(C)c1ccc(Sc2nnc(C)o2)nc1. The molecule has 0 saturated heterocycles. The van der Waals surface area contributed by atoms with Gasteiger partial charge in [-0.05, 0) is 36.9 Å². The van der Waals surface area contributed by atoms with Gasteiger partial charge in [0.1, 0.15) is 5.03 Å². The van der Waals surface area contributed by atoms with E-state index in [4.69, 9.17) is 4.42 Å². The van der Waals surface area contributed by atoms with Gasteiger partial charge in [-0.2, -0.15) is 0 Å². The standard InChI is InChI=1S/C12H16N4OS/c1-4-13-8(2)10-5-6-11(14-7-10)18-12-16-15-9(3)17-12/h5-8,13H,4H2,1-3H3. The van der Waals surface area contributed by atoms with Crippen molar-refractivity contribution in [3.8, 4) is 0 Å². The molecule has 2 rings (SSSR count). The summed E-state index contributed by atoms with van der Waals surface area (Å²) in [6.45, 7) is 6.92. The molecule has 0 radical (unpaired) electrons. The van der Waals surface area contributed by atoms with Crippen molar-refractivity contribution in [2.45, 2.75) is 37.1 Å². The van der Waals surface area contributed by atoms with Crippen molar-refractivity contribution in [1.82, 2.24) is 20.5 Å². The van der Waals surface area contributed by atoms with Gasteiger partial charge in [0.25, 0.3) is 5.22 Å². The van der Waals surface area contributed by atoms with E-state index in [-0.39, 0.29) is 0 Å². The minimum absolute atomic E-state index is 0.312. The molecular weight excluding hydrogens is 248 g/mol. The van der Waals surface area contributed by atoms with Gasteiger partial charge in [-0.15, -0.1) is 10.2 Å². The highest BCUT2D eigenvalue weighted by Crippen LogP contribution is 2.25. The van der Waals surface area contributed by atoms with Crippen molar-refractivity contribution in [2.24, 2.45) is 0 Å². The Balaban J connectivity index is 2.03. The molecule has 5 nitrogen and oxygen atoms in total. The minimum atomic E-state index is 0.312. The average Bonchev–Trinajstić information content (AvgIpc) is 2.76. The summed E-state index contributed by atoms with van der Waals surface area (Å²) in [5.74, 6) is 0.565. The van der Waals surface area contributed by atoms with E-state index in [1.807, 2.05) is 12.3 Å². The summed E-state index contributed by atoms with van der Waals surface area (Å²) >= 11 is 1.37. The Morgan fingerprint density at radius 1 is 1.39 bits per heavy atom. The van der Waals surface area contributed by atoms with E-state index in [2.05, 4.69) is 40.4 Å². The van der Waals surface area contributed by atoms with Gasteiger partial charge < -0.3 is 9.73 Å². The molecule has 96 valence electrons. The molecule has 0 aliphatic rings. The lowest BCUT2D eigenvalue weighted by Crippen LogP contribution is -2.17. The number of rotatable bonds is 5. The van der Waals surface area contributed by atoms with Gasteiger partial charge in [0.05, 0.1) is 0 Å². The summed E-state index contributed by atoms with van der Waals surface area (Å²) in [5.41, 5.74) is 1.17. The molecule has 0 aliphatic carbocycles. The van der Waals surface area contributed by atoms with E-state index in [0.717, 1.165) is 11.6 Å². The van der Waals surface area contributed by atoms with Crippen molar-refractivity contribution in [3.05, 3.63) is 29.8 Å². The predicted molar refractivity (Wildman–Crippen MR) is 69.5 cm³/mol. The monoisotopic (exact) mass is 264 g/mol. The summed E-state index contributed by atoms with van der Waals surface area (Å²) in [5, 5.41) is 12.4. The van der Waals surface area contributed by atoms with Gasteiger partial charge in [-0.3, -0.25) is 0 Å². The number of hydrogen-bond acceptors (Lipinski definition) is 6. The Labute approximate surface area is 110 Å². The number of pyridine rings is 1. The second kappa shape index (κ2) is 5.97. The molecule has 1 unspecified atom stereocenters. The largest absolute Gasteiger partial charge is 0.416 e. The number of nitrogens with one attached hydrogen (secondary N) is 1. The fourth-order valence-electron chi connectivity index (χ4n) is 1.54. The highest BCUT2D eigenvalue weighted by Gasteiger charge is 2.08. The smallest absolute Gasteiger partial charge is 0.282 e. The predicted octanol–water partition coefficient (Wildman–Crippen LogP) is 2.59. The second-order valence-corrected chi connectivity index (χ2v) is 4.87. The third-order valence-electron chi connectivity index (χ3n) is 2.47. The van der Waals surface area contributed by atoms with Crippen LogP contribution in [0.2, 0.25) is 0 Å². The molecule has 0 fully saturated rings. The number of aryl methyl sites for hydroxylation is 1. The third kappa shape index (κ3) is 3.30. The number of aromatic nitrogens is 3. The van der Waals surface area contributed by atoms with Crippen LogP contribution in [-0.4, -0.2) is 21.7 Å². The molecule has 1 atom stereocenters. The summed E-state index contributed by atoms with van der Waals surface area (Å²) in [6.07, 6.45) is 1.87. The highest BCUT2D eigenvalue weighted by atomic mass is 32.2. The Kier molecular flexibility index (Phi) is 4.33. The quantitative estimate of drug-likeness (QED) is 0.895. The average molecular weight is 264 g/mol. The van der Waals surface area contributed by atoms with Crippen LogP contribution in [0.5, 0.6) is 0 Å². The van der Waals surface area contributed by atoms with E-state index >= 15 is 0 Å². The van der Waals surface area contributed by atoms with Crippen LogP contribution in [0.25, 0.3) is 0 Å². The molecule has 2 aromatic rings. The first-order valence-corrected chi connectivity index (χ1v) is 6.68. The van der Waals surface area contributed by atoms with Gasteiger partial charge in [0.15, 0.2) is 0 Å². The van der Waals surface area contributed by atoms with E-state index in [9.17, 15) is 0 Å². The van der Waals surface area contributed by atoms with E-state index in [1.165, 1.54) is 17.3 Å². The lowest BCUT2D eigenvalue weighted by molar-refractivity contribution is 0.429. The first-order valence-electron chi connectivity index (χ1n) is 5.86. The molecule has 1 N–H and O–H groups in total. The Morgan fingerprint density at radius 3 is 2.78 bits per heavy atom. The molecule has 0 bridgehead atoms. The fraction of sp³-hybridized carbons (Fsp3) is 0.417. The number of nitrogens with zero attached hydrogens (tertiary/aromatic N) is 3. The molecule has 18 heavy (non-hydrogen) atoms. The Hall–Kier alpha value is -1.40. The van der Waals surface area contributed by atoms with Crippen molar-refractivity contribution < 1.29 is 4.42 Å². The van der Waals surface area contributed by atoms with Crippen LogP contribution in [-0.2, 0) is 0 Å². The van der Waals surface area contributed by atoms with Crippen molar-refractivity contribution in [3.63, 3.8) is 0 Å². The van der Waals surface area contributed by atoms with Gasteiger partial charge in [0, 0.05) is 19.2 Å². The molecule has 0 spiro atoms. The zero-order valence-corrected chi connectivity index (χ0v) is 11.5. The van der Waals surface area contributed by atoms with E-state index in [1.54, 1.807) is 6.92 Å². The Bertz CT molecular complexity index is 497. The summed E-state index contributed by atoms with van der Waals surface area (Å²) in [4.78, 5) is 4.38. The van der Waals surface area contributed by atoms with Crippen LogP contribution in [0.1, 0.15) is 31.3 Å². The zero-order chi connectivity index (χ0) is 13.0. The maximum absolute atomic E-state index is 5.29. The van der Waals surface area contributed by atoms with Crippen molar-refractivity contribution in [2.75, 3.05) is 6.54 Å². The topological polar surface area (TPSA) is 63.8 Å². The first-order chi connectivity index (χ1) is 8.69. The van der Waals surface area contributed by atoms with Gasteiger partial charge >= 0.3 is 0 Å². The lowest BCUT2D eigenvalue weighted by Gasteiger charge is -2.11. The molecule has 6 heteroatoms. The van der Waals surface area contributed by atoms with E-state index in [0.29, 0.717) is 17.2 Å². The maximum Gasteiger partial charge on any atom is 0.282 e. The van der Waals surface area contributed by atoms with E-state index < -0.39 is 0 Å².